The molecule has 1 aliphatic carbocycles. The highest BCUT2D eigenvalue weighted by atomic mass is 79.9. The van der Waals surface area contributed by atoms with Gasteiger partial charge in [0, 0.05) is 27.6 Å². The van der Waals surface area contributed by atoms with Gasteiger partial charge in [-0.3, -0.25) is 4.99 Å². The highest BCUT2D eigenvalue weighted by Crippen LogP contribution is 2.29. The van der Waals surface area contributed by atoms with E-state index in [2.05, 4.69) is 25.9 Å². The number of aromatic hydroxyl groups is 1. The van der Waals surface area contributed by atoms with Crippen molar-refractivity contribution in [3.8, 4) is 5.88 Å². The molecular weight excluding hydrogens is 304 g/mol. The van der Waals surface area contributed by atoms with E-state index in [9.17, 15) is 5.11 Å². The molecule has 1 aromatic heterocycles. The lowest BCUT2D eigenvalue weighted by atomic mass is 9.96. The van der Waals surface area contributed by atoms with Gasteiger partial charge in [0.05, 0.1) is 5.56 Å². The minimum atomic E-state index is 0.202. The molecule has 100 valence electrons. The number of benzene rings is 1. The molecule has 0 atom stereocenters. The standard InChI is InChI=1S/C15H17BrN2O/c16-10-6-7-14-12(8-10)13(15(19)18-14)9-17-11-4-2-1-3-5-11/h6-9,11,18-19H,1-5H2. The molecule has 0 spiro atoms. The van der Waals surface area contributed by atoms with Gasteiger partial charge in [0.15, 0.2) is 5.88 Å². The molecule has 0 bridgehead atoms. The van der Waals surface area contributed by atoms with Gasteiger partial charge in [-0.25, -0.2) is 0 Å². The van der Waals surface area contributed by atoms with E-state index in [1.54, 1.807) is 0 Å². The van der Waals surface area contributed by atoms with Crippen LogP contribution in [-0.4, -0.2) is 22.3 Å². The molecule has 3 rings (SSSR count). The van der Waals surface area contributed by atoms with Crippen molar-refractivity contribution in [3.63, 3.8) is 0 Å². The number of rotatable bonds is 2. The van der Waals surface area contributed by atoms with Crippen LogP contribution in [-0.2, 0) is 0 Å². The van der Waals surface area contributed by atoms with E-state index < -0.39 is 0 Å². The van der Waals surface area contributed by atoms with E-state index in [4.69, 9.17) is 0 Å². The predicted molar refractivity (Wildman–Crippen MR) is 82.1 cm³/mol. The number of H-pyrrole nitrogens is 1. The molecule has 1 fully saturated rings. The van der Waals surface area contributed by atoms with E-state index in [-0.39, 0.29) is 5.88 Å². The third-order valence-corrected chi connectivity index (χ3v) is 4.26. The van der Waals surface area contributed by atoms with Crippen LogP contribution < -0.4 is 0 Å². The highest BCUT2D eigenvalue weighted by Gasteiger charge is 2.13. The minimum absolute atomic E-state index is 0.202. The third-order valence-electron chi connectivity index (χ3n) is 3.77. The first-order chi connectivity index (χ1) is 9.24. The molecular formula is C15H17BrN2O. The average Bonchev–Trinajstić information content (AvgIpc) is 2.73. The maximum absolute atomic E-state index is 9.99. The van der Waals surface area contributed by atoms with Gasteiger partial charge in [-0.05, 0) is 31.0 Å². The van der Waals surface area contributed by atoms with Crippen LogP contribution in [0, 0.1) is 0 Å². The van der Waals surface area contributed by atoms with Gasteiger partial charge in [0.25, 0.3) is 0 Å². The highest BCUT2D eigenvalue weighted by molar-refractivity contribution is 9.10. The molecule has 0 unspecified atom stereocenters. The third kappa shape index (κ3) is 2.68. The largest absolute Gasteiger partial charge is 0.494 e. The van der Waals surface area contributed by atoms with Gasteiger partial charge in [-0.2, -0.15) is 0 Å². The average molecular weight is 321 g/mol. The predicted octanol–water partition coefficient (Wildman–Crippen LogP) is 4.39. The van der Waals surface area contributed by atoms with Crippen LogP contribution in [0.4, 0.5) is 0 Å². The van der Waals surface area contributed by atoms with Crippen LogP contribution in [0.2, 0.25) is 0 Å². The summed E-state index contributed by atoms with van der Waals surface area (Å²) in [4.78, 5) is 7.63. The number of fused-ring (bicyclic) bond motifs is 1. The summed E-state index contributed by atoms with van der Waals surface area (Å²) in [7, 11) is 0. The summed E-state index contributed by atoms with van der Waals surface area (Å²) in [5.41, 5.74) is 1.73. The first-order valence-corrected chi connectivity index (χ1v) is 7.57. The summed E-state index contributed by atoms with van der Waals surface area (Å²) in [6.07, 6.45) is 8.04. The Balaban J connectivity index is 1.92. The second kappa shape index (κ2) is 5.37. The quantitative estimate of drug-likeness (QED) is 0.792. The van der Waals surface area contributed by atoms with Crippen molar-refractivity contribution in [1.29, 1.82) is 0 Å². The Kier molecular flexibility index (Phi) is 3.60. The summed E-state index contributed by atoms with van der Waals surface area (Å²) in [6.45, 7) is 0. The molecule has 19 heavy (non-hydrogen) atoms. The van der Waals surface area contributed by atoms with Gasteiger partial charge in [0.2, 0.25) is 0 Å². The van der Waals surface area contributed by atoms with Crippen LogP contribution >= 0.6 is 15.9 Å². The summed E-state index contributed by atoms with van der Waals surface area (Å²) >= 11 is 3.46. The van der Waals surface area contributed by atoms with E-state index in [0.29, 0.717) is 6.04 Å². The van der Waals surface area contributed by atoms with E-state index in [1.807, 2.05) is 24.4 Å². The van der Waals surface area contributed by atoms with Crippen molar-refractivity contribution < 1.29 is 5.11 Å². The molecule has 1 heterocycles. The zero-order valence-electron chi connectivity index (χ0n) is 10.7. The number of hydrogen-bond donors (Lipinski definition) is 2. The van der Waals surface area contributed by atoms with Crippen molar-refractivity contribution >= 4 is 33.0 Å². The van der Waals surface area contributed by atoms with Crippen molar-refractivity contribution in [2.45, 2.75) is 38.1 Å². The molecule has 1 aliphatic rings. The molecule has 3 nitrogen and oxygen atoms in total. The fourth-order valence-corrected chi connectivity index (χ4v) is 3.07. The maximum Gasteiger partial charge on any atom is 0.198 e. The Hall–Kier alpha value is -1.29. The molecule has 1 aromatic carbocycles. The maximum atomic E-state index is 9.99. The van der Waals surface area contributed by atoms with Gasteiger partial charge >= 0.3 is 0 Å². The molecule has 2 aromatic rings. The van der Waals surface area contributed by atoms with Crippen LogP contribution in [0.25, 0.3) is 10.9 Å². The lowest BCUT2D eigenvalue weighted by molar-refractivity contribution is 0.443. The van der Waals surface area contributed by atoms with E-state index in [0.717, 1.165) is 20.9 Å². The molecule has 0 radical (unpaired) electrons. The Morgan fingerprint density at radius 2 is 2.05 bits per heavy atom. The second-order valence-corrected chi connectivity index (χ2v) is 6.06. The number of aromatic amines is 1. The summed E-state index contributed by atoms with van der Waals surface area (Å²) in [5, 5.41) is 11.0. The number of halogens is 1. The van der Waals surface area contributed by atoms with Crippen molar-refractivity contribution in [3.05, 3.63) is 28.2 Å². The topological polar surface area (TPSA) is 48.4 Å². The smallest absolute Gasteiger partial charge is 0.198 e. The van der Waals surface area contributed by atoms with Crippen LogP contribution in [0.3, 0.4) is 0 Å². The number of nitrogens with zero attached hydrogens (tertiary/aromatic N) is 1. The number of nitrogens with one attached hydrogen (secondary N) is 1. The number of hydrogen-bond acceptors (Lipinski definition) is 2. The van der Waals surface area contributed by atoms with E-state index >= 15 is 0 Å². The Labute approximate surface area is 120 Å². The molecule has 1 saturated carbocycles. The lowest BCUT2D eigenvalue weighted by Gasteiger charge is -2.16. The zero-order chi connectivity index (χ0) is 13.2. The monoisotopic (exact) mass is 320 g/mol. The van der Waals surface area contributed by atoms with Gasteiger partial charge < -0.3 is 10.1 Å². The fraction of sp³-hybridized carbons (Fsp3) is 0.400. The summed E-state index contributed by atoms with van der Waals surface area (Å²) in [5.74, 6) is 0.202. The van der Waals surface area contributed by atoms with Crippen molar-refractivity contribution in [2.24, 2.45) is 4.99 Å². The fourth-order valence-electron chi connectivity index (χ4n) is 2.71. The zero-order valence-corrected chi connectivity index (χ0v) is 12.3. The second-order valence-electron chi connectivity index (χ2n) is 5.15. The normalized spacial score (nSPS) is 17.5. The van der Waals surface area contributed by atoms with Crippen LogP contribution in [0.5, 0.6) is 5.88 Å². The molecule has 0 aliphatic heterocycles. The summed E-state index contributed by atoms with van der Waals surface area (Å²) < 4.78 is 1.01. The first-order valence-electron chi connectivity index (χ1n) is 6.77. The SMILES string of the molecule is Oc1[nH]c2ccc(Br)cc2c1C=NC1CCCCC1. The minimum Gasteiger partial charge on any atom is -0.494 e. The van der Waals surface area contributed by atoms with Gasteiger partial charge in [-0.1, -0.05) is 35.2 Å². The molecule has 4 heteroatoms. The first kappa shape index (κ1) is 12.7. The van der Waals surface area contributed by atoms with Gasteiger partial charge in [-0.15, -0.1) is 0 Å². The van der Waals surface area contributed by atoms with Crippen LogP contribution in [0.1, 0.15) is 37.7 Å². The van der Waals surface area contributed by atoms with Crippen molar-refractivity contribution in [2.75, 3.05) is 0 Å². The van der Waals surface area contributed by atoms with E-state index in [1.165, 1.54) is 32.1 Å². The number of aliphatic imine (C=N–C) groups is 1. The molecule has 0 amide bonds. The Morgan fingerprint density at radius 1 is 1.26 bits per heavy atom. The summed E-state index contributed by atoms with van der Waals surface area (Å²) in [6, 6.07) is 6.34. The Bertz CT molecular complexity index is 612. The van der Waals surface area contributed by atoms with Gasteiger partial charge in [0.1, 0.15) is 0 Å². The van der Waals surface area contributed by atoms with Crippen LogP contribution in [0.15, 0.2) is 27.7 Å². The van der Waals surface area contributed by atoms with Crippen molar-refractivity contribution in [1.82, 2.24) is 4.98 Å². The molecule has 2 N–H and O–H groups in total. The number of aromatic nitrogens is 1. The molecule has 0 saturated heterocycles. The lowest BCUT2D eigenvalue weighted by Crippen LogP contribution is -2.09. The Morgan fingerprint density at radius 3 is 2.84 bits per heavy atom.